The monoisotopic (exact) mass is 344 g/mol. The first kappa shape index (κ1) is 15.9. The summed E-state index contributed by atoms with van der Waals surface area (Å²) in [5, 5.41) is 0.886. The van der Waals surface area contributed by atoms with Gasteiger partial charge in [0, 0.05) is 36.5 Å². The summed E-state index contributed by atoms with van der Waals surface area (Å²) in [4.78, 5) is 16.3. The number of hydrogen-bond donors (Lipinski definition) is 0. The molecule has 0 radical (unpaired) electrons. The molecule has 0 bridgehead atoms. The van der Waals surface area contributed by atoms with E-state index in [-0.39, 0.29) is 29.5 Å². The van der Waals surface area contributed by atoms with E-state index in [9.17, 15) is 18.0 Å². The Kier molecular flexibility index (Phi) is 3.45. The molecule has 1 aliphatic rings. The Morgan fingerprint density at radius 3 is 2.84 bits per heavy atom. The first-order valence-corrected chi connectivity index (χ1v) is 8.11. The van der Waals surface area contributed by atoms with Gasteiger partial charge in [-0.05, 0) is 48.6 Å². The third-order valence-corrected chi connectivity index (χ3v) is 4.77. The lowest BCUT2D eigenvalue weighted by Crippen LogP contribution is -2.18. The molecule has 0 N–H and O–H groups in total. The fourth-order valence-electron chi connectivity index (χ4n) is 3.36. The largest absolute Gasteiger partial charge is 0.315 e. The maximum absolute atomic E-state index is 14.6. The van der Waals surface area contributed by atoms with E-state index in [4.69, 9.17) is 0 Å². The molecular formula is C19H15F3N2O. The molecule has 0 atom stereocenters. The molecule has 1 aliphatic carbocycles. The van der Waals surface area contributed by atoms with Crippen LogP contribution < -0.4 is 5.56 Å². The SMILES string of the molecule is CCn1ccc2cc(-c3cc4c(cn3)C(F)(F)CC4)c(F)cc2c1=O. The average molecular weight is 344 g/mol. The summed E-state index contributed by atoms with van der Waals surface area (Å²) in [5.41, 5.74) is 0.667. The van der Waals surface area contributed by atoms with Crippen LogP contribution in [0.4, 0.5) is 13.2 Å². The number of rotatable bonds is 2. The zero-order valence-corrected chi connectivity index (χ0v) is 13.5. The number of fused-ring (bicyclic) bond motifs is 2. The minimum Gasteiger partial charge on any atom is -0.315 e. The van der Waals surface area contributed by atoms with Crippen molar-refractivity contribution in [3.05, 3.63) is 64.0 Å². The molecule has 0 fully saturated rings. The Hall–Kier alpha value is -2.63. The standard InChI is InChI=1S/C19H15F3N2O/c1-2-24-6-4-11-7-14(16(20)9-13(11)18(24)25)17-8-12-3-5-19(21,22)15(12)10-23-17/h4,6-10H,2-3,5H2,1H3. The van der Waals surface area contributed by atoms with Crippen molar-refractivity contribution in [3.63, 3.8) is 0 Å². The topological polar surface area (TPSA) is 34.9 Å². The molecule has 128 valence electrons. The highest BCUT2D eigenvalue weighted by Crippen LogP contribution is 2.42. The molecule has 25 heavy (non-hydrogen) atoms. The van der Waals surface area contributed by atoms with Crippen LogP contribution in [0.5, 0.6) is 0 Å². The first-order valence-electron chi connectivity index (χ1n) is 8.11. The van der Waals surface area contributed by atoms with Crippen LogP contribution in [0.2, 0.25) is 0 Å². The summed E-state index contributed by atoms with van der Waals surface area (Å²) in [6.45, 7) is 2.33. The highest BCUT2D eigenvalue weighted by molar-refractivity contribution is 5.86. The third kappa shape index (κ3) is 2.44. The van der Waals surface area contributed by atoms with E-state index < -0.39 is 11.7 Å². The van der Waals surface area contributed by atoms with Gasteiger partial charge in [0.2, 0.25) is 0 Å². The maximum atomic E-state index is 14.6. The third-order valence-electron chi connectivity index (χ3n) is 4.77. The second kappa shape index (κ2) is 5.44. The number of aromatic nitrogens is 2. The minimum atomic E-state index is -2.87. The quantitative estimate of drug-likeness (QED) is 0.696. The van der Waals surface area contributed by atoms with Crippen LogP contribution in [-0.4, -0.2) is 9.55 Å². The van der Waals surface area contributed by atoms with Crippen LogP contribution in [0.1, 0.15) is 24.5 Å². The molecule has 0 aliphatic heterocycles. The summed E-state index contributed by atoms with van der Waals surface area (Å²) < 4.78 is 43.5. The molecule has 0 unspecified atom stereocenters. The molecular weight excluding hydrogens is 329 g/mol. The van der Waals surface area contributed by atoms with E-state index in [2.05, 4.69) is 4.98 Å². The molecule has 3 nitrogen and oxygen atoms in total. The molecule has 0 amide bonds. The van der Waals surface area contributed by atoms with Crippen LogP contribution in [0.3, 0.4) is 0 Å². The molecule has 6 heteroatoms. The Morgan fingerprint density at radius 1 is 1.28 bits per heavy atom. The highest BCUT2D eigenvalue weighted by Gasteiger charge is 2.39. The fraction of sp³-hybridized carbons (Fsp3) is 0.263. The molecule has 2 aromatic heterocycles. The van der Waals surface area contributed by atoms with Gasteiger partial charge < -0.3 is 4.57 Å². The lowest BCUT2D eigenvalue weighted by molar-refractivity contribution is -0.00210. The Bertz CT molecular complexity index is 1060. The van der Waals surface area contributed by atoms with Gasteiger partial charge in [-0.25, -0.2) is 13.2 Å². The van der Waals surface area contributed by atoms with E-state index in [1.807, 2.05) is 6.92 Å². The van der Waals surface area contributed by atoms with Crippen molar-refractivity contribution in [1.29, 1.82) is 0 Å². The van der Waals surface area contributed by atoms with Gasteiger partial charge in [-0.15, -0.1) is 0 Å². The van der Waals surface area contributed by atoms with Crippen molar-refractivity contribution in [1.82, 2.24) is 9.55 Å². The molecule has 1 aromatic carbocycles. The number of alkyl halides is 2. The number of aryl methyl sites for hydroxylation is 2. The van der Waals surface area contributed by atoms with E-state index in [1.165, 1.54) is 16.7 Å². The van der Waals surface area contributed by atoms with Crippen LogP contribution in [-0.2, 0) is 18.9 Å². The molecule has 0 saturated carbocycles. The van der Waals surface area contributed by atoms with Gasteiger partial charge in [0.05, 0.1) is 11.1 Å². The van der Waals surface area contributed by atoms with Crippen LogP contribution in [0, 0.1) is 5.82 Å². The summed E-state index contributed by atoms with van der Waals surface area (Å²) in [6.07, 6.45) is 2.79. The van der Waals surface area contributed by atoms with Crippen LogP contribution >= 0.6 is 0 Å². The maximum Gasteiger partial charge on any atom is 0.275 e. The number of halogens is 3. The Balaban J connectivity index is 1.88. The van der Waals surface area contributed by atoms with Gasteiger partial charge >= 0.3 is 0 Å². The van der Waals surface area contributed by atoms with Crippen LogP contribution in [0.15, 0.2) is 41.5 Å². The lowest BCUT2D eigenvalue weighted by atomic mass is 10.0. The lowest BCUT2D eigenvalue weighted by Gasteiger charge is -2.11. The number of hydrogen-bond acceptors (Lipinski definition) is 2. The fourth-order valence-corrected chi connectivity index (χ4v) is 3.36. The van der Waals surface area contributed by atoms with E-state index >= 15 is 0 Å². The average Bonchev–Trinajstić information content (AvgIpc) is 2.90. The Morgan fingerprint density at radius 2 is 2.08 bits per heavy atom. The first-order chi connectivity index (χ1) is 11.9. The summed E-state index contributed by atoms with van der Waals surface area (Å²) in [5.74, 6) is -3.45. The molecule has 4 rings (SSSR count). The smallest absolute Gasteiger partial charge is 0.275 e. The molecule has 2 heterocycles. The van der Waals surface area contributed by atoms with E-state index in [0.29, 0.717) is 28.6 Å². The van der Waals surface area contributed by atoms with Crippen molar-refractivity contribution in [2.75, 3.05) is 0 Å². The molecule has 3 aromatic rings. The minimum absolute atomic E-state index is 0.0803. The summed E-state index contributed by atoms with van der Waals surface area (Å²) >= 11 is 0. The van der Waals surface area contributed by atoms with E-state index in [0.717, 1.165) is 6.20 Å². The van der Waals surface area contributed by atoms with Crippen LogP contribution in [0.25, 0.3) is 22.0 Å². The molecule has 0 spiro atoms. The normalized spacial score (nSPS) is 15.5. The summed E-state index contributed by atoms with van der Waals surface area (Å²) in [7, 11) is 0. The predicted octanol–water partition coefficient (Wildman–Crippen LogP) is 4.26. The van der Waals surface area contributed by atoms with Gasteiger partial charge in [-0.3, -0.25) is 9.78 Å². The highest BCUT2D eigenvalue weighted by atomic mass is 19.3. The van der Waals surface area contributed by atoms with Gasteiger partial charge in [-0.1, -0.05) is 0 Å². The van der Waals surface area contributed by atoms with Crippen molar-refractivity contribution in [3.8, 4) is 11.3 Å². The van der Waals surface area contributed by atoms with E-state index in [1.54, 1.807) is 18.3 Å². The van der Waals surface area contributed by atoms with Gasteiger partial charge in [0.15, 0.2) is 0 Å². The zero-order valence-electron chi connectivity index (χ0n) is 13.5. The van der Waals surface area contributed by atoms with Crippen molar-refractivity contribution in [2.45, 2.75) is 32.2 Å². The second-order valence-corrected chi connectivity index (χ2v) is 6.26. The summed E-state index contributed by atoms with van der Waals surface area (Å²) in [6, 6.07) is 6.01. The second-order valence-electron chi connectivity index (χ2n) is 6.26. The number of benzene rings is 1. The van der Waals surface area contributed by atoms with Crippen molar-refractivity contribution >= 4 is 10.8 Å². The molecule has 0 saturated heterocycles. The van der Waals surface area contributed by atoms with Gasteiger partial charge in [-0.2, -0.15) is 0 Å². The number of pyridine rings is 2. The predicted molar refractivity (Wildman–Crippen MR) is 89.3 cm³/mol. The van der Waals surface area contributed by atoms with Crippen molar-refractivity contribution < 1.29 is 13.2 Å². The van der Waals surface area contributed by atoms with Gasteiger partial charge in [0.25, 0.3) is 11.5 Å². The van der Waals surface area contributed by atoms with Crippen molar-refractivity contribution in [2.24, 2.45) is 0 Å². The zero-order chi connectivity index (χ0) is 17.8. The Labute approximate surface area is 141 Å². The van der Waals surface area contributed by atoms with Gasteiger partial charge in [0.1, 0.15) is 5.82 Å². The number of nitrogens with zero attached hydrogens (tertiary/aromatic N) is 2.